The standard InChI is InChI=1S/C20H30N2O3/c1-15(2)13-22-9-7-17(8-10-22)12-21-20(23)6-4-16-3-5-18-19(11-16)25-14-24-18/h3,5,11,15,17H,4,6-10,12-14H2,1-2H3,(H,21,23). The first kappa shape index (κ1) is 18.1. The van der Waals surface area contributed by atoms with Crippen molar-refractivity contribution in [2.45, 2.75) is 39.5 Å². The van der Waals surface area contributed by atoms with E-state index in [1.165, 1.54) is 19.4 Å². The molecule has 0 saturated carbocycles. The Labute approximate surface area is 150 Å². The van der Waals surface area contributed by atoms with E-state index in [0.717, 1.165) is 49.0 Å². The van der Waals surface area contributed by atoms with E-state index < -0.39 is 0 Å². The van der Waals surface area contributed by atoms with Crippen molar-refractivity contribution in [1.29, 1.82) is 0 Å². The van der Waals surface area contributed by atoms with Crippen molar-refractivity contribution in [2.24, 2.45) is 11.8 Å². The van der Waals surface area contributed by atoms with Gasteiger partial charge in [0, 0.05) is 19.5 Å². The predicted molar refractivity (Wildman–Crippen MR) is 97.9 cm³/mol. The van der Waals surface area contributed by atoms with Crippen LogP contribution in [0.25, 0.3) is 0 Å². The van der Waals surface area contributed by atoms with E-state index in [1.807, 2.05) is 18.2 Å². The van der Waals surface area contributed by atoms with Crippen LogP contribution in [0.1, 0.15) is 38.7 Å². The van der Waals surface area contributed by atoms with Crippen LogP contribution in [0.4, 0.5) is 0 Å². The molecule has 1 aromatic carbocycles. The van der Waals surface area contributed by atoms with Gasteiger partial charge >= 0.3 is 0 Å². The van der Waals surface area contributed by atoms with Gasteiger partial charge in [-0.2, -0.15) is 0 Å². The van der Waals surface area contributed by atoms with Crippen molar-refractivity contribution in [2.75, 3.05) is 33.0 Å². The minimum absolute atomic E-state index is 0.141. The number of rotatable bonds is 7. The van der Waals surface area contributed by atoms with Gasteiger partial charge < -0.3 is 19.7 Å². The smallest absolute Gasteiger partial charge is 0.231 e. The third kappa shape index (κ3) is 5.36. The molecule has 3 rings (SSSR count). The maximum Gasteiger partial charge on any atom is 0.231 e. The van der Waals surface area contributed by atoms with E-state index in [-0.39, 0.29) is 12.7 Å². The summed E-state index contributed by atoms with van der Waals surface area (Å²) in [5, 5.41) is 3.12. The molecule has 0 atom stereocenters. The summed E-state index contributed by atoms with van der Waals surface area (Å²) in [6.45, 7) is 9.16. The van der Waals surface area contributed by atoms with Crippen LogP contribution < -0.4 is 14.8 Å². The lowest BCUT2D eigenvalue weighted by atomic mass is 9.96. The fourth-order valence-corrected chi connectivity index (χ4v) is 3.59. The van der Waals surface area contributed by atoms with Gasteiger partial charge in [-0.25, -0.2) is 0 Å². The Balaban J connectivity index is 1.33. The van der Waals surface area contributed by atoms with Crippen LogP contribution in [0.2, 0.25) is 0 Å². The normalized spacial score (nSPS) is 17.9. The number of ether oxygens (including phenoxy) is 2. The van der Waals surface area contributed by atoms with E-state index in [1.54, 1.807) is 0 Å². The molecule has 2 heterocycles. The van der Waals surface area contributed by atoms with Gasteiger partial charge in [-0.05, 0) is 61.9 Å². The van der Waals surface area contributed by atoms with Gasteiger partial charge in [-0.3, -0.25) is 4.79 Å². The van der Waals surface area contributed by atoms with Gasteiger partial charge in [0.05, 0.1) is 0 Å². The van der Waals surface area contributed by atoms with Crippen molar-refractivity contribution in [3.05, 3.63) is 23.8 Å². The van der Waals surface area contributed by atoms with Gasteiger partial charge in [0.1, 0.15) is 0 Å². The minimum Gasteiger partial charge on any atom is -0.454 e. The molecule has 0 radical (unpaired) electrons. The molecule has 0 bridgehead atoms. The van der Waals surface area contributed by atoms with Crippen LogP contribution in [-0.2, 0) is 11.2 Å². The van der Waals surface area contributed by atoms with E-state index in [0.29, 0.717) is 12.3 Å². The highest BCUT2D eigenvalue weighted by atomic mass is 16.7. The number of nitrogens with zero attached hydrogens (tertiary/aromatic N) is 1. The fraction of sp³-hybridized carbons (Fsp3) is 0.650. The van der Waals surface area contributed by atoms with Crippen LogP contribution in [0.15, 0.2) is 18.2 Å². The first-order valence-electron chi connectivity index (χ1n) is 9.47. The molecule has 5 heteroatoms. The molecule has 2 aliphatic rings. The van der Waals surface area contributed by atoms with Crippen molar-refractivity contribution in [1.82, 2.24) is 10.2 Å². The summed E-state index contributed by atoms with van der Waals surface area (Å²) in [6.07, 6.45) is 3.63. The molecule has 1 N–H and O–H groups in total. The molecule has 25 heavy (non-hydrogen) atoms. The molecule has 0 aliphatic carbocycles. The van der Waals surface area contributed by atoms with Crippen molar-refractivity contribution < 1.29 is 14.3 Å². The fourth-order valence-electron chi connectivity index (χ4n) is 3.59. The Morgan fingerprint density at radius 2 is 2.00 bits per heavy atom. The highest BCUT2D eigenvalue weighted by Crippen LogP contribution is 2.32. The highest BCUT2D eigenvalue weighted by Gasteiger charge is 2.20. The number of carbonyl (C=O) groups is 1. The van der Waals surface area contributed by atoms with Gasteiger partial charge in [-0.15, -0.1) is 0 Å². The maximum absolute atomic E-state index is 12.1. The molecule has 0 spiro atoms. The number of hydrogen-bond donors (Lipinski definition) is 1. The van der Waals surface area contributed by atoms with Crippen LogP contribution in [0.3, 0.4) is 0 Å². The molecule has 5 nitrogen and oxygen atoms in total. The average molecular weight is 346 g/mol. The molecular formula is C20H30N2O3. The Morgan fingerprint density at radius 3 is 2.76 bits per heavy atom. The number of piperidine rings is 1. The Kier molecular flexibility index (Phi) is 6.19. The molecule has 1 amide bonds. The zero-order valence-corrected chi connectivity index (χ0v) is 15.4. The Morgan fingerprint density at radius 1 is 1.24 bits per heavy atom. The van der Waals surface area contributed by atoms with Crippen molar-refractivity contribution >= 4 is 5.91 Å². The third-order valence-corrected chi connectivity index (χ3v) is 5.00. The highest BCUT2D eigenvalue weighted by molar-refractivity contribution is 5.76. The quantitative estimate of drug-likeness (QED) is 0.825. The lowest BCUT2D eigenvalue weighted by Crippen LogP contribution is -2.40. The average Bonchev–Trinajstić information content (AvgIpc) is 3.06. The second-order valence-electron chi connectivity index (χ2n) is 7.63. The first-order chi connectivity index (χ1) is 12.1. The second-order valence-corrected chi connectivity index (χ2v) is 7.63. The summed E-state index contributed by atoms with van der Waals surface area (Å²) in [5.74, 6) is 3.07. The number of benzene rings is 1. The summed E-state index contributed by atoms with van der Waals surface area (Å²) < 4.78 is 10.7. The molecular weight excluding hydrogens is 316 g/mol. The number of carbonyl (C=O) groups excluding carboxylic acids is 1. The molecule has 1 saturated heterocycles. The monoisotopic (exact) mass is 346 g/mol. The van der Waals surface area contributed by atoms with E-state index in [9.17, 15) is 4.79 Å². The Bertz CT molecular complexity index is 580. The van der Waals surface area contributed by atoms with Crippen molar-refractivity contribution in [3.63, 3.8) is 0 Å². The van der Waals surface area contributed by atoms with Gasteiger partial charge in [-0.1, -0.05) is 19.9 Å². The predicted octanol–water partition coefficient (Wildman–Crippen LogP) is 2.83. The summed E-state index contributed by atoms with van der Waals surface area (Å²) in [4.78, 5) is 14.7. The molecule has 0 aromatic heterocycles. The summed E-state index contributed by atoms with van der Waals surface area (Å²) in [5.41, 5.74) is 1.11. The van der Waals surface area contributed by atoms with Crippen molar-refractivity contribution in [3.8, 4) is 11.5 Å². The molecule has 138 valence electrons. The number of amides is 1. The lowest BCUT2D eigenvalue weighted by Gasteiger charge is -2.33. The SMILES string of the molecule is CC(C)CN1CCC(CNC(=O)CCc2ccc3c(c2)OCO3)CC1. The van der Waals surface area contributed by atoms with Crippen LogP contribution in [-0.4, -0.2) is 43.8 Å². The largest absolute Gasteiger partial charge is 0.454 e. The lowest BCUT2D eigenvalue weighted by molar-refractivity contribution is -0.121. The van der Waals surface area contributed by atoms with Crippen LogP contribution >= 0.6 is 0 Å². The van der Waals surface area contributed by atoms with E-state index >= 15 is 0 Å². The minimum atomic E-state index is 0.141. The molecule has 1 aromatic rings. The van der Waals surface area contributed by atoms with Gasteiger partial charge in [0.25, 0.3) is 0 Å². The molecule has 0 unspecified atom stereocenters. The van der Waals surface area contributed by atoms with E-state index in [4.69, 9.17) is 9.47 Å². The molecule has 1 fully saturated rings. The van der Waals surface area contributed by atoms with E-state index in [2.05, 4.69) is 24.1 Å². The zero-order chi connectivity index (χ0) is 17.6. The summed E-state index contributed by atoms with van der Waals surface area (Å²) in [7, 11) is 0. The summed E-state index contributed by atoms with van der Waals surface area (Å²) in [6, 6.07) is 5.89. The third-order valence-electron chi connectivity index (χ3n) is 5.00. The number of hydrogen-bond acceptors (Lipinski definition) is 4. The number of likely N-dealkylation sites (tertiary alicyclic amines) is 1. The summed E-state index contributed by atoms with van der Waals surface area (Å²) >= 11 is 0. The van der Waals surface area contributed by atoms with Crippen LogP contribution in [0, 0.1) is 11.8 Å². The number of aryl methyl sites for hydroxylation is 1. The van der Waals surface area contributed by atoms with Gasteiger partial charge in [0.2, 0.25) is 12.7 Å². The molecule has 2 aliphatic heterocycles. The first-order valence-corrected chi connectivity index (χ1v) is 9.47. The zero-order valence-electron chi connectivity index (χ0n) is 15.4. The van der Waals surface area contributed by atoms with Crippen LogP contribution in [0.5, 0.6) is 11.5 Å². The number of nitrogens with one attached hydrogen (secondary N) is 1. The number of fused-ring (bicyclic) bond motifs is 1. The topological polar surface area (TPSA) is 50.8 Å². The second kappa shape index (κ2) is 8.56. The van der Waals surface area contributed by atoms with Gasteiger partial charge in [0.15, 0.2) is 11.5 Å². The maximum atomic E-state index is 12.1. The Hall–Kier alpha value is -1.75.